The number of unbranched alkanes of at least 4 members (excludes halogenated alkanes) is 11. The lowest BCUT2D eigenvalue weighted by molar-refractivity contribution is -0.151. The first kappa shape index (κ1) is 39.0. The van der Waals surface area contributed by atoms with Crippen LogP contribution in [0.15, 0.2) is 11.6 Å². The molecule has 1 fully saturated rings. The molecule has 3 atom stereocenters. The van der Waals surface area contributed by atoms with Gasteiger partial charge in [0, 0.05) is 6.42 Å². The van der Waals surface area contributed by atoms with Gasteiger partial charge in [0.15, 0.2) is 16.6 Å². The summed E-state index contributed by atoms with van der Waals surface area (Å²) >= 11 is 0. The van der Waals surface area contributed by atoms with Crippen LogP contribution >= 0.6 is 0 Å². The van der Waals surface area contributed by atoms with Gasteiger partial charge in [-0.25, -0.2) is 0 Å². The molecule has 0 amide bonds. The molecule has 1 saturated carbocycles. The molecule has 0 aliphatic heterocycles. The molecule has 2 aliphatic rings. The van der Waals surface area contributed by atoms with Crippen molar-refractivity contribution in [3.63, 3.8) is 0 Å². The van der Waals surface area contributed by atoms with E-state index in [2.05, 4.69) is 58.8 Å². The number of hydrogen-bond donors (Lipinski definition) is 0. The second-order valence-corrected chi connectivity index (χ2v) is 28.4. The van der Waals surface area contributed by atoms with Crippen LogP contribution in [0, 0.1) is 5.92 Å². The van der Waals surface area contributed by atoms with Crippen molar-refractivity contribution < 1.29 is 17.8 Å². The van der Waals surface area contributed by atoms with Crippen molar-refractivity contribution in [3.8, 4) is 0 Å². The minimum Gasteiger partial charge on any atom is -0.462 e. The molecule has 0 radical (unpaired) electrons. The Kier molecular flexibility index (Phi) is 18.2. The highest BCUT2D eigenvalue weighted by molar-refractivity contribution is 6.88. The van der Waals surface area contributed by atoms with Crippen molar-refractivity contribution in [2.75, 3.05) is 0 Å². The molecule has 0 aromatic rings. The summed E-state index contributed by atoms with van der Waals surface area (Å²) in [6.45, 7) is 18.6. The maximum atomic E-state index is 12.2. The lowest BCUT2D eigenvalue weighted by atomic mass is 9.85. The van der Waals surface area contributed by atoms with Crippen LogP contribution in [0.5, 0.6) is 0 Å². The smallest absolute Gasteiger partial charge is 0.311 e. The fourth-order valence-corrected chi connectivity index (χ4v) is 21.9. The molecule has 252 valence electrons. The molecule has 3 unspecified atom stereocenters. The van der Waals surface area contributed by atoms with Gasteiger partial charge in [0.25, 0.3) is 0 Å². The van der Waals surface area contributed by atoms with Crippen LogP contribution < -0.4 is 0 Å². The Morgan fingerprint density at radius 2 is 1.37 bits per heavy atom. The second kappa shape index (κ2) is 20.1. The first-order valence-electron chi connectivity index (χ1n) is 18.6. The topological polar surface area (TPSA) is 44.8 Å². The summed E-state index contributed by atoms with van der Waals surface area (Å²) in [5.41, 5.74) is 2.36. The molecule has 0 aromatic carbocycles. The molecular weight excluding hydrogens is 581 g/mol. The van der Waals surface area contributed by atoms with E-state index in [4.69, 9.17) is 13.0 Å². The zero-order valence-electron chi connectivity index (χ0n) is 30.0. The highest BCUT2D eigenvalue weighted by Crippen LogP contribution is 2.42. The van der Waals surface area contributed by atoms with Crippen LogP contribution in [0.3, 0.4) is 0 Å². The Morgan fingerprint density at radius 3 is 1.91 bits per heavy atom. The third kappa shape index (κ3) is 17.3. The Balaban J connectivity index is 1.50. The maximum Gasteiger partial charge on any atom is 0.311 e. The zero-order chi connectivity index (χ0) is 31.8. The van der Waals surface area contributed by atoms with E-state index in [1.807, 2.05) is 0 Å². The van der Waals surface area contributed by atoms with Gasteiger partial charge in [-0.05, 0) is 109 Å². The standard InChI is InChI=1S/C36H72O4Si3/c1-9-32-25-24-28-34(31-32)38-36(37)30-21-19-17-15-13-11-10-12-14-16-18-20-29-35(33-26-22-23-27-33)42(5,6)40-43(7,8)39-41(2,3)4/h26,32,34-35H,9-25,27-31H2,1-8H3. The van der Waals surface area contributed by atoms with E-state index in [0.717, 1.165) is 25.2 Å². The lowest BCUT2D eigenvalue weighted by Crippen LogP contribution is -2.53. The van der Waals surface area contributed by atoms with Crippen molar-refractivity contribution in [3.05, 3.63) is 11.6 Å². The molecule has 0 bridgehead atoms. The van der Waals surface area contributed by atoms with Crippen molar-refractivity contribution in [2.24, 2.45) is 5.92 Å². The summed E-state index contributed by atoms with van der Waals surface area (Å²) in [5, 5.41) is 0. The Labute approximate surface area is 271 Å². The molecule has 0 N–H and O–H groups in total. The monoisotopic (exact) mass is 652 g/mol. The Bertz CT molecular complexity index is 805. The van der Waals surface area contributed by atoms with Crippen LogP contribution in [0.4, 0.5) is 0 Å². The first-order valence-corrected chi connectivity index (χ1v) is 27.8. The minimum atomic E-state index is -2.11. The number of carbonyl (C=O) groups excluding carboxylic acids is 1. The predicted molar refractivity (Wildman–Crippen MR) is 193 cm³/mol. The highest BCUT2D eigenvalue weighted by atomic mass is 28.5. The average molecular weight is 653 g/mol. The van der Waals surface area contributed by atoms with Crippen LogP contribution in [0.25, 0.3) is 0 Å². The van der Waals surface area contributed by atoms with Crippen LogP contribution in [0.1, 0.15) is 148 Å². The molecule has 2 aliphatic carbocycles. The molecule has 4 nitrogen and oxygen atoms in total. The summed E-state index contributed by atoms with van der Waals surface area (Å²) in [5.74, 6) is 0.808. The molecule has 0 saturated heterocycles. The van der Waals surface area contributed by atoms with Crippen LogP contribution in [-0.2, 0) is 17.8 Å². The third-order valence-corrected chi connectivity index (χ3v) is 20.5. The summed E-state index contributed by atoms with van der Waals surface area (Å²) in [6.07, 6.45) is 30.2. The fourth-order valence-electron chi connectivity index (χ4n) is 7.80. The van der Waals surface area contributed by atoms with Gasteiger partial charge < -0.3 is 13.0 Å². The number of hydrogen-bond acceptors (Lipinski definition) is 4. The van der Waals surface area contributed by atoms with Gasteiger partial charge in [0.2, 0.25) is 0 Å². The molecule has 0 heterocycles. The van der Waals surface area contributed by atoms with Gasteiger partial charge in [0.1, 0.15) is 6.10 Å². The SMILES string of the molecule is CCC1CCCC(OC(=O)CCCCCCCCCCCCCCC(C2=CCCC2)[Si](C)(C)O[Si](C)(C)O[Si](C)(C)C)C1. The van der Waals surface area contributed by atoms with E-state index in [9.17, 15) is 4.79 Å². The largest absolute Gasteiger partial charge is 0.462 e. The van der Waals surface area contributed by atoms with Crippen molar-refractivity contribution >= 4 is 31.2 Å². The summed E-state index contributed by atoms with van der Waals surface area (Å²) in [4.78, 5) is 12.2. The number of ether oxygens (including phenoxy) is 1. The van der Waals surface area contributed by atoms with Gasteiger partial charge in [-0.15, -0.1) is 0 Å². The van der Waals surface area contributed by atoms with Gasteiger partial charge >= 0.3 is 14.5 Å². The number of rotatable bonds is 23. The van der Waals surface area contributed by atoms with Crippen LogP contribution in [-0.4, -0.2) is 37.3 Å². The minimum absolute atomic E-state index is 0.0460. The average Bonchev–Trinajstić information content (AvgIpc) is 3.43. The van der Waals surface area contributed by atoms with Gasteiger partial charge in [-0.3, -0.25) is 4.79 Å². The first-order chi connectivity index (χ1) is 20.3. The van der Waals surface area contributed by atoms with E-state index >= 15 is 0 Å². The van der Waals surface area contributed by atoms with Crippen molar-refractivity contribution in [1.82, 2.24) is 0 Å². The lowest BCUT2D eigenvalue weighted by Gasteiger charge is -2.41. The molecule has 43 heavy (non-hydrogen) atoms. The Morgan fingerprint density at radius 1 is 0.791 bits per heavy atom. The normalized spacial score (nSPS) is 20.7. The van der Waals surface area contributed by atoms with E-state index in [0.29, 0.717) is 12.0 Å². The van der Waals surface area contributed by atoms with E-state index in [-0.39, 0.29) is 12.1 Å². The summed E-state index contributed by atoms with van der Waals surface area (Å²) in [6, 6.07) is 0. The quantitative estimate of drug-likeness (QED) is 0.0477. The summed E-state index contributed by atoms with van der Waals surface area (Å²) < 4.78 is 19.4. The van der Waals surface area contributed by atoms with Gasteiger partial charge in [0.05, 0.1) is 0 Å². The third-order valence-electron chi connectivity index (χ3n) is 9.66. The van der Waals surface area contributed by atoms with Crippen LogP contribution in [0.2, 0.25) is 51.4 Å². The molecule has 2 rings (SSSR count). The molecule has 7 heteroatoms. The number of carbonyl (C=O) groups is 1. The molecule has 0 spiro atoms. The van der Waals surface area contributed by atoms with Gasteiger partial charge in [-0.2, -0.15) is 0 Å². The number of esters is 1. The number of allylic oxidation sites excluding steroid dienone is 2. The summed E-state index contributed by atoms with van der Waals surface area (Å²) in [7, 11) is -5.60. The Hall–Kier alpha value is -0.219. The second-order valence-electron chi connectivity index (χ2n) is 15.9. The van der Waals surface area contributed by atoms with Gasteiger partial charge in [-0.1, -0.05) is 102 Å². The predicted octanol–water partition coefficient (Wildman–Crippen LogP) is 12.2. The molecule has 0 aromatic heterocycles. The van der Waals surface area contributed by atoms with Crippen molar-refractivity contribution in [2.45, 2.75) is 206 Å². The van der Waals surface area contributed by atoms with E-state index in [1.54, 1.807) is 5.57 Å². The zero-order valence-corrected chi connectivity index (χ0v) is 33.0. The van der Waals surface area contributed by atoms with E-state index < -0.39 is 25.2 Å². The maximum absolute atomic E-state index is 12.2. The molecular formula is C36H72O4Si3. The van der Waals surface area contributed by atoms with E-state index in [1.165, 1.54) is 116 Å². The fraction of sp³-hybridized carbons (Fsp3) is 0.917. The highest BCUT2D eigenvalue weighted by Gasteiger charge is 2.43. The van der Waals surface area contributed by atoms with Crippen molar-refractivity contribution in [1.29, 1.82) is 0 Å².